The highest BCUT2D eigenvalue weighted by Gasteiger charge is 2.28. The minimum Gasteiger partial charge on any atom is -0.462 e. The monoisotopic (exact) mass is 430 g/mol. The van der Waals surface area contributed by atoms with Crippen LogP contribution in [0.5, 0.6) is 0 Å². The fourth-order valence-electron chi connectivity index (χ4n) is 3.37. The first-order chi connectivity index (χ1) is 14.2. The summed E-state index contributed by atoms with van der Waals surface area (Å²) >= 11 is 0. The standard InChI is InChI=1S/C22H26N2O5S/c1-4-29-22(26)17-9-7-16(3)20(13-17)23-21(25)19-14-18(10-8-15(19)2)30(27,28)24-11-5-6-12-24/h7-10,13-14H,4-6,11-12H2,1-3H3,(H,23,25). The van der Waals surface area contributed by atoms with E-state index in [2.05, 4.69) is 5.32 Å². The van der Waals surface area contributed by atoms with E-state index in [1.807, 2.05) is 6.92 Å². The van der Waals surface area contributed by atoms with Crippen molar-refractivity contribution in [2.75, 3.05) is 25.0 Å². The van der Waals surface area contributed by atoms with Gasteiger partial charge in [-0.15, -0.1) is 0 Å². The quantitative estimate of drug-likeness (QED) is 0.708. The Morgan fingerprint density at radius 3 is 2.37 bits per heavy atom. The van der Waals surface area contributed by atoms with Gasteiger partial charge in [0.1, 0.15) is 0 Å². The highest BCUT2D eigenvalue weighted by atomic mass is 32.2. The van der Waals surface area contributed by atoms with E-state index in [4.69, 9.17) is 4.74 Å². The van der Waals surface area contributed by atoms with Crippen LogP contribution < -0.4 is 5.32 Å². The van der Waals surface area contributed by atoms with Crippen LogP contribution in [-0.2, 0) is 14.8 Å². The Bertz CT molecular complexity index is 1070. The number of esters is 1. The molecule has 1 aliphatic heterocycles. The first-order valence-corrected chi connectivity index (χ1v) is 11.4. The maximum Gasteiger partial charge on any atom is 0.338 e. The van der Waals surface area contributed by atoms with E-state index in [1.54, 1.807) is 38.1 Å². The predicted octanol–water partition coefficient (Wildman–Crippen LogP) is 3.52. The molecule has 1 fully saturated rings. The molecule has 1 amide bonds. The molecule has 0 saturated carbocycles. The second-order valence-electron chi connectivity index (χ2n) is 7.29. The molecule has 3 rings (SSSR count). The lowest BCUT2D eigenvalue weighted by Crippen LogP contribution is -2.28. The van der Waals surface area contributed by atoms with E-state index in [9.17, 15) is 18.0 Å². The van der Waals surface area contributed by atoms with E-state index in [0.29, 0.717) is 29.9 Å². The third-order valence-electron chi connectivity index (χ3n) is 5.15. The molecule has 0 radical (unpaired) electrons. The third kappa shape index (κ3) is 4.55. The lowest BCUT2D eigenvalue weighted by atomic mass is 10.1. The molecule has 0 unspecified atom stereocenters. The highest BCUT2D eigenvalue weighted by Crippen LogP contribution is 2.24. The number of sulfonamides is 1. The molecular formula is C22H26N2O5S. The summed E-state index contributed by atoms with van der Waals surface area (Å²) in [5.41, 5.74) is 2.51. The van der Waals surface area contributed by atoms with Gasteiger partial charge in [-0.2, -0.15) is 4.31 Å². The highest BCUT2D eigenvalue weighted by molar-refractivity contribution is 7.89. The molecule has 1 N–H and O–H groups in total. The summed E-state index contributed by atoms with van der Waals surface area (Å²) in [6.07, 6.45) is 1.68. The first kappa shape index (κ1) is 22.0. The van der Waals surface area contributed by atoms with Crippen molar-refractivity contribution in [1.29, 1.82) is 0 Å². The van der Waals surface area contributed by atoms with Gasteiger partial charge in [-0.05, 0) is 69.0 Å². The summed E-state index contributed by atoms with van der Waals surface area (Å²) in [6, 6.07) is 9.51. The van der Waals surface area contributed by atoms with Crippen molar-refractivity contribution < 1.29 is 22.7 Å². The van der Waals surface area contributed by atoms with Crippen LogP contribution >= 0.6 is 0 Å². The lowest BCUT2D eigenvalue weighted by Gasteiger charge is -2.17. The van der Waals surface area contributed by atoms with E-state index in [1.165, 1.54) is 16.4 Å². The van der Waals surface area contributed by atoms with Crippen molar-refractivity contribution >= 4 is 27.6 Å². The van der Waals surface area contributed by atoms with Gasteiger partial charge in [0.05, 0.1) is 17.1 Å². The largest absolute Gasteiger partial charge is 0.462 e. The minimum absolute atomic E-state index is 0.108. The third-order valence-corrected chi connectivity index (χ3v) is 7.05. The number of aryl methyl sites for hydroxylation is 2. The van der Waals surface area contributed by atoms with Crippen molar-refractivity contribution in [3.8, 4) is 0 Å². The van der Waals surface area contributed by atoms with Crippen LogP contribution in [0.4, 0.5) is 5.69 Å². The van der Waals surface area contributed by atoms with Crippen LogP contribution in [0, 0.1) is 13.8 Å². The molecule has 160 valence electrons. The predicted molar refractivity (Wildman–Crippen MR) is 114 cm³/mol. The summed E-state index contributed by atoms with van der Waals surface area (Å²) in [4.78, 5) is 25.1. The molecule has 1 saturated heterocycles. The Balaban J connectivity index is 1.89. The number of anilines is 1. The Morgan fingerprint density at radius 2 is 1.70 bits per heavy atom. The Hall–Kier alpha value is -2.71. The number of hydrogen-bond acceptors (Lipinski definition) is 5. The number of carbonyl (C=O) groups is 2. The lowest BCUT2D eigenvalue weighted by molar-refractivity contribution is 0.0526. The molecule has 30 heavy (non-hydrogen) atoms. The average Bonchev–Trinajstić information content (AvgIpc) is 3.25. The van der Waals surface area contributed by atoms with Gasteiger partial charge in [-0.1, -0.05) is 12.1 Å². The smallest absolute Gasteiger partial charge is 0.338 e. The summed E-state index contributed by atoms with van der Waals surface area (Å²) in [6.45, 7) is 6.54. The number of benzene rings is 2. The van der Waals surface area contributed by atoms with Gasteiger partial charge >= 0.3 is 5.97 Å². The number of rotatable bonds is 6. The zero-order valence-corrected chi connectivity index (χ0v) is 18.2. The number of nitrogens with one attached hydrogen (secondary N) is 1. The van der Waals surface area contributed by atoms with E-state index < -0.39 is 21.9 Å². The van der Waals surface area contributed by atoms with Crippen LogP contribution in [0.15, 0.2) is 41.3 Å². The van der Waals surface area contributed by atoms with Gasteiger partial charge in [0.2, 0.25) is 10.0 Å². The van der Waals surface area contributed by atoms with Crippen LogP contribution in [0.1, 0.15) is 51.6 Å². The summed E-state index contributed by atoms with van der Waals surface area (Å²) < 4.78 is 32.2. The summed E-state index contributed by atoms with van der Waals surface area (Å²) in [5.74, 6) is -0.905. The SMILES string of the molecule is CCOC(=O)c1ccc(C)c(NC(=O)c2cc(S(=O)(=O)N3CCCC3)ccc2C)c1. The van der Waals surface area contributed by atoms with Gasteiger partial charge in [0.25, 0.3) is 5.91 Å². The van der Waals surface area contributed by atoms with Crippen molar-refractivity contribution in [3.63, 3.8) is 0 Å². The fourth-order valence-corrected chi connectivity index (χ4v) is 4.92. The fraction of sp³-hybridized carbons (Fsp3) is 0.364. The topological polar surface area (TPSA) is 92.8 Å². The molecule has 0 spiro atoms. The molecule has 7 nitrogen and oxygen atoms in total. The molecule has 0 aliphatic carbocycles. The summed E-state index contributed by atoms with van der Waals surface area (Å²) in [5, 5.41) is 2.80. The zero-order valence-electron chi connectivity index (χ0n) is 17.4. The van der Waals surface area contributed by atoms with E-state index >= 15 is 0 Å². The molecule has 0 aromatic heterocycles. The molecular weight excluding hydrogens is 404 g/mol. The first-order valence-electron chi connectivity index (χ1n) is 9.94. The van der Waals surface area contributed by atoms with E-state index in [-0.39, 0.29) is 17.1 Å². The molecule has 0 bridgehead atoms. The van der Waals surface area contributed by atoms with Gasteiger partial charge in [-0.25, -0.2) is 13.2 Å². The van der Waals surface area contributed by atoms with Crippen molar-refractivity contribution in [1.82, 2.24) is 4.31 Å². The van der Waals surface area contributed by atoms with Crippen LogP contribution in [0.3, 0.4) is 0 Å². The number of carbonyl (C=O) groups excluding carboxylic acids is 2. The molecule has 1 heterocycles. The van der Waals surface area contributed by atoms with Gasteiger partial charge in [-0.3, -0.25) is 4.79 Å². The molecule has 8 heteroatoms. The Morgan fingerprint density at radius 1 is 1.03 bits per heavy atom. The second kappa shape index (κ2) is 8.97. The molecule has 1 aliphatic rings. The van der Waals surface area contributed by atoms with Crippen molar-refractivity contribution in [2.24, 2.45) is 0 Å². The average molecular weight is 431 g/mol. The molecule has 2 aromatic carbocycles. The van der Waals surface area contributed by atoms with Gasteiger partial charge < -0.3 is 10.1 Å². The Kier molecular flexibility index (Phi) is 6.58. The molecule has 2 aromatic rings. The van der Waals surface area contributed by atoms with Crippen LogP contribution in [0.2, 0.25) is 0 Å². The van der Waals surface area contributed by atoms with Gasteiger partial charge in [0.15, 0.2) is 0 Å². The number of nitrogens with zero attached hydrogens (tertiary/aromatic N) is 1. The van der Waals surface area contributed by atoms with Crippen molar-refractivity contribution in [3.05, 3.63) is 58.7 Å². The normalized spacial score (nSPS) is 14.5. The number of hydrogen-bond donors (Lipinski definition) is 1. The Labute approximate surface area is 177 Å². The van der Waals surface area contributed by atoms with Crippen LogP contribution in [-0.4, -0.2) is 44.3 Å². The minimum atomic E-state index is -3.62. The number of amides is 1. The summed E-state index contributed by atoms with van der Waals surface area (Å²) in [7, 11) is -3.62. The van der Waals surface area contributed by atoms with Gasteiger partial charge in [0, 0.05) is 24.3 Å². The van der Waals surface area contributed by atoms with Crippen molar-refractivity contribution in [2.45, 2.75) is 38.5 Å². The maximum absolute atomic E-state index is 13.0. The number of ether oxygens (including phenoxy) is 1. The van der Waals surface area contributed by atoms with Crippen LogP contribution in [0.25, 0.3) is 0 Å². The molecule has 0 atom stereocenters. The maximum atomic E-state index is 13.0. The van der Waals surface area contributed by atoms with E-state index in [0.717, 1.165) is 18.4 Å². The zero-order chi connectivity index (χ0) is 21.9. The second-order valence-corrected chi connectivity index (χ2v) is 9.23.